The van der Waals surface area contributed by atoms with Crippen LogP contribution in [0.1, 0.15) is 163 Å². The van der Waals surface area contributed by atoms with E-state index < -0.39 is 0 Å². The summed E-state index contributed by atoms with van der Waals surface area (Å²) in [6.07, 6.45) is 30.1. The molecule has 0 aliphatic carbocycles. The lowest BCUT2D eigenvalue weighted by molar-refractivity contribution is 0.304. The van der Waals surface area contributed by atoms with Crippen molar-refractivity contribution in [2.75, 3.05) is 13.2 Å². The summed E-state index contributed by atoms with van der Waals surface area (Å²) in [7, 11) is 0. The Kier molecular flexibility index (Phi) is 20.2. The first-order valence-corrected chi connectivity index (χ1v) is 23.6. The van der Waals surface area contributed by atoms with Gasteiger partial charge in [-0.3, -0.25) is 0 Å². The summed E-state index contributed by atoms with van der Waals surface area (Å²) in [6, 6.07) is 33.7. The molecule has 0 unspecified atom stereocenters. The molecule has 0 aliphatic heterocycles. The van der Waals surface area contributed by atoms with Gasteiger partial charge in [-0.15, -0.1) is 11.3 Å². The lowest BCUT2D eigenvalue weighted by Gasteiger charge is -2.08. The van der Waals surface area contributed by atoms with Crippen LogP contribution in [0.3, 0.4) is 0 Å². The van der Waals surface area contributed by atoms with E-state index in [0.717, 1.165) is 80.0 Å². The molecule has 0 bridgehead atoms. The van der Waals surface area contributed by atoms with Gasteiger partial charge in [0.05, 0.1) is 24.4 Å². The SMILES string of the molecule is CCCCCCCCCCCCOc1ccc2cc(/C=C(\C#N)c3ccc(/C(C#N)=C/c4ccc5cc(OCCCCCCCCCCCC)ccc5c4)s3)ccc2c1. The predicted molar refractivity (Wildman–Crippen MR) is 254 cm³/mol. The van der Waals surface area contributed by atoms with Gasteiger partial charge in [0, 0.05) is 9.75 Å². The number of allylic oxidation sites excluding steroid dienone is 2. The van der Waals surface area contributed by atoms with Crippen molar-refractivity contribution < 1.29 is 9.47 Å². The van der Waals surface area contributed by atoms with Crippen molar-refractivity contribution in [2.45, 2.75) is 142 Å². The first-order chi connectivity index (χ1) is 29.1. The van der Waals surface area contributed by atoms with Crippen LogP contribution in [-0.2, 0) is 0 Å². The number of benzene rings is 4. The Morgan fingerprint density at radius 3 is 1.15 bits per heavy atom. The zero-order chi connectivity index (χ0) is 41.3. The van der Waals surface area contributed by atoms with Crippen molar-refractivity contribution in [1.29, 1.82) is 10.5 Å². The molecule has 5 aromatic rings. The van der Waals surface area contributed by atoms with Crippen molar-refractivity contribution >= 4 is 56.2 Å². The van der Waals surface area contributed by atoms with Gasteiger partial charge in [-0.2, -0.15) is 10.5 Å². The number of hydrogen-bond donors (Lipinski definition) is 0. The van der Waals surface area contributed by atoms with Gasteiger partial charge >= 0.3 is 0 Å². The lowest BCUT2D eigenvalue weighted by atomic mass is 10.0. The third-order valence-electron chi connectivity index (χ3n) is 11.2. The van der Waals surface area contributed by atoms with Crippen LogP contribution < -0.4 is 9.47 Å². The van der Waals surface area contributed by atoms with Gasteiger partial charge in [0.2, 0.25) is 0 Å². The van der Waals surface area contributed by atoms with Crippen LogP contribution in [0.4, 0.5) is 0 Å². The fourth-order valence-electron chi connectivity index (χ4n) is 7.68. The Hall–Kier alpha value is -4.84. The number of nitriles is 2. The number of ether oxygens (including phenoxy) is 2. The Balaban J connectivity index is 1.10. The minimum Gasteiger partial charge on any atom is -0.494 e. The van der Waals surface area contributed by atoms with E-state index in [4.69, 9.17) is 9.47 Å². The van der Waals surface area contributed by atoms with Crippen molar-refractivity contribution in [3.8, 4) is 23.6 Å². The molecule has 0 aliphatic rings. The molecule has 4 nitrogen and oxygen atoms in total. The van der Waals surface area contributed by atoms with Crippen LogP contribution in [0, 0.1) is 22.7 Å². The Morgan fingerprint density at radius 1 is 0.441 bits per heavy atom. The molecule has 1 aromatic heterocycles. The van der Waals surface area contributed by atoms with E-state index in [1.807, 2.05) is 48.6 Å². The minimum atomic E-state index is 0.575. The average Bonchev–Trinajstić information content (AvgIpc) is 3.75. The van der Waals surface area contributed by atoms with Crippen molar-refractivity contribution in [3.63, 3.8) is 0 Å². The highest BCUT2D eigenvalue weighted by Crippen LogP contribution is 2.33. The number of rotatable bonds is 28. The molecular formula is C54H66N2O2S. The minimum absolute atomic E-state index is 0.575. The molecular weight excluding hydrogens is 741 g/mol. The molecule has 0 saturated carbocycles. The maximum absolute atomic E-state index is 10.2. The van der Waals surface area contributed by atoms with Crippen LogP contribution in [0.2, 0.25) is 0 Å². The van der Waals surface area contributed by atoms with E-state index in [-0.39, 0.29) is 0 Å². The molecule has 5 heteroatoms. The highest BCUT2D eigenvalue weighted by atomic mass is 32.1. The first kappa shape index (κ1) is 45.2. The molecule has 0 spiro atoms. The zero-order valence-corrected chi connectivity index (χ0v) is 36.7. The van der Waals surface area contributed by atoms with Crippen LogP contribution in [-0.4, -0.2) is 13.2 Å². The maximum Gasteiger partial charge on any atom is 0.119 e. The summed E-state index contributed by atoms with van der Waals surface area (Å²) in [5, 5.41) is 24.8. The normalized spacial score (nSPS) is 11.9. The second kappa shape index (κ2) is 26.3. The fourth-order valence-corrected chi connectivity index (χ4v) is 8.62. The van der Waals surface area contributed by atoms with Crippen LogP contribution in [0.25, 0.3) is 44.8 Å². The largest absolute Gasteiger partial charge is 0.494 e. The standard InChI is InChI=1S/C54H66N2O2S/c1-3-5-7-9-11-13-15-17-19-21-33-57-51-29-27-45-35-43(23-25-47(45)39-51)37-49(41-55)53-31-32-54(59-53)50(42-56)38-44-24-26-48-40-52(30-28-46(48)36-44)58-34-22-20-18-16-14-12-10-8-6-4-2/h23-32,35-40H,3-22,33-34H2,1-2H3/b49-37+,50-38+. The number of hydrogen-bond acceptors (Lipinski definition) is 5. The first-order valence-electron chi connectivity index (χ1n) is 22.8. The number of unbranched alkanes of at least 4 members (excludes halogenated alkanes) is 18. The molecule has 0 saturated heterocycles. The van der Waals surface area contributed by atoms with Gasteiger partial charge in [-0.05, 0) is 106 Å². The van der Waals surface area contributed by atoms with Crippen molar-refractivity contribution in [1.82, 2.24) is 0 Å². The summed E-state index contributed by atoms with van der Waals surface area (Å²) in [4.78, 5) is 1.67. The summed E-state index contributed by atoms with van der Waals surface area (Å²) in [5.74, 6) is 1.80. The van der Waals surface area contributed by atoms with Crippen LogP contribution in [0.15, 0.2) is 84.9 Å². The molecule has 310 valence electrons. The third-order valence-corrected chi connectivity index (χ3v) is 12.4. The van der Waals surface area contributed by atoms with Crippen LogP contribution >= 0.6 is 11.3 Å². The Labute approximate surface area is 359 Å². The van der Waals surface area contributed by atoms with Gasteiger partial charge in [0.25, 0.3) is 0 Å². The van der Waals surface area contributed by atoms with Gasteiger partial charge < -0.3 is 9.47 Å². The highest BCUT2D eigenvalue weighted by molar-refractivity contribution is 7.14. The second-order valence-electron chi connectivity index (χ2n) is 16.1. The summed E-state index contributed by atoms with van der Waals surface area (Å²) in [6.45, 7) is 6.04. The zero-order valence-electron chi connectivity index (χ0n) is 35.9. The maximum atomic E-state index is 10.2. The highest BCUT2D eigenvalue weighted by Gasteiger charge is 2.11. The quantitative estimate of drug-likeness (QED) is 0.0373. The van der Waals surface area contributed by atoms with E-state index in [9.17, 15) is 10.5 Å². The van der Waals surface area contributed by atoms with E-state index in [0.29, 0.717) is 11.1 Å². The second-order valence-corrected chi connectivity index (χ2v) is 17.2. The number of fused-ring (bicyclic) bond motifs is 2. The van der Waals surface area contributed by atoms with Crippen molar-refractivity contribution in [3.05, 3.63) is 106 Å². The summed E-state index contributed by atoms with van der Waals surface area (Å²) in [5.41, 5.74) is 3.07. The topological polar surface area (TPSA) is 66.0 Å². The molecule has 0 atom stereocenters. The smallest absolute Gasteiger partial charge is 0.119 e. The molecule has 0 radical (unpaired) electrons. The monoisotopic (exact) mass is 806 g/mol. The predicted octanol–water partition coefficient (Wildman–Crippen LogP) is 16.8. The van der Waals surface area contributed by atoms with E-state index in [1.54, 1.807) is 0 Å². The van der Waals surface area contributed by atoms with Gasteiger partial charge in [0.15, 0.2) is 0 Å². The number of thiophene rings is 1. The molecule has 0 N–H and O–H groups in total. The number of nitrogens with zero attached hydrogens (tertiary/aromatic N) is 2. The molecule has 1 heterocycles. The third kappa shape index (κ3) is 15.7. The molecule has 5 rings (SSSR count). The van der Waals surface area contributed by atoms with Gasteiger partial charge in [-0.1, -0.05) is 166 Å². The lowest BCUT2D eigenvalue weighted by Crippen LogP contribution is -1.97. The van der Waals surface area contributed by atoms with Gasteiger partial charge in [0.1, 0.15) is 23.6 Å². The molecule has 0 amide bonds. The molecule has 0 fully saturated rings. The fraction of sp³-hybridized carbons (Fsp3) is 0.444. The summed E-state index contributed by atoms with van der Waals surface area (Å²) >= 11 is 1.47. The van der Waals surface area contributed by atoms with E-state index in [2.05, 4.69) is 74.5 Å². The van der Waals surface area contributed by atoms with Crippen LogP contribution in [0.5, 0.6) is 11.5 Å². The Morgan fingerprint density at radius 2 is 0.780 bits per heavy atom. The van der Waals surface area contributed by atoms with E-state index in [1.165, 1.54) is 127 Å². The average molecular weight is 807 g/mol. The van der Waals surface area contributed by atoms with Crippen molar-refractivity contribution in [2.24, 2.45) is 0 Å². The van der Waals surface area contributed by atoms with E-state index >= 15 is 0 Å². The Bertz CT molecular complexity index is 2010. The van der Waals surface area contributed by atoms with Gasteiger partial charge in [-0.25, -0.2) is 0 Å². The molecule has 59 heavy (non-hydrogen) atoms. The molecule has 4 aromatic carbocycles. The summed E-state index contributed by atoms with van der Waals surface area (Å²) < 4.78 is 12.2.